The van der Waals surface area contributed by atoms with Gasteiger partial charge in [0.1, 0.15) is 0 Å². The van der Waals surface area contributed by atoms with Crippen LogP contribution in [0, 0.1) is 0 Å². The van der Waals surface area contributed by atoms with Crippen LogP contribution in [0.3, 0.4) is 0 Å². The average molecular weight is 414 g/mol. The van der Waals surface area contributed by atoms with Gasteiger partial charge in [-0.1, -0.05) is 41.9 Å². The second kappa shape index (κ2) is 8.87. The van der Waals surface area contributed by atoms with Gasteiger partial charge in [-0.05, 0) is 37.6 Å². The third kappa shape index (κ3) is 4.63. The van der Waals surface area contributed by atoms with Crippen molar-refractivity contribution in [1.82, 2.24) is 15.1 Å². The molecule has 8 heteroatoms. The van der Waals surface area contributed by atoms with Crippen molar-refractivity contribution in [2.45, 2.75) is 26.4 Å². The van der Waals surface area contributed by atoms with Crippen LogP contribution >= 0.6 is 11.6 Å². The standard InChI is InChI=1S/C21H20ClN3O4/c1-3-25-20(27)17-7-5-4-6-16(17)19(24-25)21(28)29-12-18(26)23-13(2)14-8-10-15(22)11-9-14/h4-11,13H,3,12H2,1-2H3,(H,23,26)/t13-/m1/s1. The zero-order chi connectivity index (χ0) is 21.0. The van der Waals surface area contributed by atoms with Gasteiger partial charge < -0.3 is 10.1 Å². The Morgan fingerprint density at radius 1 is 1.14 bits per heavy atom. The van der Waals surface area contributed by atoms with E-state index in [0.717, 1.165) is 5.56 Å². The van der Waals surface area contributed by atoms with E-state index < -0.39 is 18.5 Å². The SMILES string of the molecule is CCn1nc(C(=O)OCC(=O)N[C@H](C)c2ccc(Cl)cc2)c2ccccc2c1=O. The van der Waals surface area contributed by atoms with E-state index in [2.05, 4.69) is 10.4 Å². The first-order valence-electron chi connectivity index (χ1n) is 9.12. The van der Waals surface area contributed by atoms with Gasteiger partial charge in [0.15, 0.2) is 12.3 Å². The number of amides is 1. The van der Waals surface area contributed by atoms with Gasteiger partial charge in [-0.25, -0.2) is 9.48 Å². The van der Waals surface area contributed by atoms with Gasteiger partial charge in [-0.3, -0.25) is 9.59 Å². The smallest absolute Gasteiger partial charge is 0.359 e. The highest BCUT2D eigenvalue weighted by Gasteiger charge is 2.19. The summed E-state index contributed by atoms with van der Waals surface area (Å²) in [6, 6.07) is 13.5. The van der Waals surface area contributed by atoms with Crippen LogP contribution in [0.5, 0.6) is 0 Å². The molecule has 0 aliphatic rings. The molecule has 150 valence electrons. The van der Waals surface area contributed by atoms with Crippen LogP contribution in [0.25, 0.3) is 10.8 Å². The van der Waals surface area contributed by atoms with E-state index in [1.807, 2.05) is 19.1 Å². The average Bonchev–Trinajstić information content (AvgIpc) is 2.73. The number of benzene rings is 2. The first kappa shape index (κ1) is 20.5. The molecule has 1 N–H and O–H groups in total. The summed E-state index contributed by atoms with van der Waals surface area (Å²) in [4.78, 5) is 37.1. The number of hydrogen-bond donors (Lipinski definition) is 1. The number of esters is 1. The van der Waals surface area contributed by atoms with Gasteiger partial charge in [-0.15, -0.1) is 0 Å². The lowest BCUT2D eigenvalue weighted by Crippen LogP contribution is -2.32. The molecule has 0 fully saturated rings. The van der Waals surface area contributed by atoms with E-state index in [9.17, 15) is 14.4 Å². The first-order valence-corrected chi connectivity index (χ1v) is 9.50. The van der Waals surface area contributed by atoms with Gasteiger partial charge >= 0.3 is 5.97 Å². The van der Waals surface area contributed by atoms with E-state index in [1.54, 1.807) is 43.3 Å². The van der Waals surface area contributed by atoms with E-state index >= 15 is 0 Å². The number of ether oxygens (including phenoxy) is 1. The van der Waals surface area contributed by atoms with E-state index in [0.29, 0.717) is 22.3 Å². The fourth-order valence-electron chi connectivity index (χ4n) is 2.92. The first-order chi connectivity index (χ1) is 13.9. The van der Waals surface area contributed by atoms with E-state index in [1.165, 1.54) is 4.68 Å². The molecule has 0 saturated heterocycles. The number of hydrogen-bond acceptors (Lipinski definition) is 5. The lowest BCUT2D eigenvalue weighted by atomic mass is 10.1. The number of nitrogens with one attached hydrogen (secondary N) is 1. The monoisotopic (exact) mass is 413 g/mol. The van der Waals surface area contributed by atoms with E-state index in [4.69, 9.17) is 16.3 Å². The number of carbonyl (C=O) groups is 2. The summed E-state index contributed by atoms with van der Waals surface area (Å²) in [5.41, 5.74) is 0.589. The van der Waals surface area contributed by atoms with E-state index in [-0.39, 0.29) is 17.3 Å². The molecule has 0 radical (unpaired) electrons. The fraction of sp³-hybridized carbons (Fsp3) is 0.238. The summed E-state index contributed by atoms with van der Waals surface area (Å²) >= 11 is 5.87. The molecule has 2 aromatic carbocycles. The zero-order valence-corrected chi connectivity index (χ0v) is 16.8. The number of rotatable bonds is 6. The maximum atomic E-state index is 12.5. The van der Waals surface area contributed by atoms with Crippen molar-refractivity contribution in [1.29, 1.82) is 0 Å². The molecule has 1 atom stereocenters. The molecular formula is C21H20ClN3O4. The highest BCUT2D eigenvalue weighted by atomic mass is 35.5. The highest BCUT2D eigenvalue weighted by molar-refractivity contribution is 6.30. The lowest BCUT2D eigenvalue weighted by Gasteiger charge is -2.15. The minimum absolute atomic E-state index is 0.000555. The third-order valence-corrected chi connectivity index (χ3v) is 4.69. The Morgan fingerprint density at radius 2 is 1.79 bits per heavy atom. The largest absolute Gasteiger partial charge is 0.451 e. The zero-order valence-electron chi connectivity index (χ0n) is 16.0. The topological polar surface area (TPSA) is 90.3 Å². The summed E-state index contributed by atoms with van der Waals surface area (Å²) in [6.07, 6.45) is 0. The summed E-state index contributed by atoms with van der Waals surface area (Å²) in [5.74, 6) is -1.22. The summed E-state index contributed by atoms with van der Waals surface area (Å²) in [6.45, 7) is 3.42. The third-order valence-electron chi connectivity index (χ3n) is 4.44. The van der Waals surface area contributed by atoms with Crippen molar-refractivity contribution in [3.63, 3.8) is 0 Å². The number of aromatic nitrogens is 2. The van der Waals surface area contributed by atoms with Crippen LogP contribution in [-0.2, 0) is 16.1 Å². The second-order valence-electron chi connectivity index (χ2n) is 6.43. The number of nitrogens with zero attached hydrogens (tertiary/aromatic N) is 2. The predicted molar refractivity (Wildman–Crippen MR) is 110 cm³/mol. The predicted octanol–water partition coefficient (Wildman–Crippen LogP) is 3.10. The summed E-state index contributed by atoms with van der Waals surface area (Å²) in [5, 5.41) is 8.22. The van der Waals surface area contributed by atoms with Crippen LogP contribution in [-0.4, -0.2) is 28.3 Å². The minimum atomic E-state index is -0.766. The normalized spacial score (nSPS) is 11.8. The molecule has 0 saturated carbocycles. The number of halogens is 1. The Hall–Kier alpha value is -3.19. The van der Waals surface area contributed by atoms with Crippen molar-refractivity contribution in [3.8, 4) is 0 Å². The highest BCUT2D eigenvalue weighted by Crippen LogP contribution is 2.16. The van der Waals surface area contributed by atoms with Crippen LogP contribution in [0.2, 0.25) is 5.02 Å². The second-order valence-corrected chi connectivity index (χ2v) is 6.87. The fourth-order valence-corrected chi connectivity index (χ4v) is 3.04. The molecule has 1 heterocycles. The van der Waals surface area contributed by atoms with Crippen LogP contribution in [0.1, 0.15) is 35.9 Å². The van der Waals surface area contributed by atoms with Crippen molar-refractivity contribution in [2.24, 2.45) is 0 Å². The molecular weight excluding hydrogens is 394 g/mol. The maximum Gasteiger partial charge on any atom is 0.359 e. The molecule has 0 aliphatic heterocycles. The van der Waals surface area contributed by atoms with Gasteiger partial charge in [0.25, 0.3) is 11.5 Å². The minimum Gasteiger partial charge on any atom is -0.451 e. The molecule has 0 bridgehead atoms. The number of fused-ring (bicyclic) bond motifs is 1. The van der Waals surface area contributed by atoms with Crippen LogP contribution < -0.4 is 10.9 Å². The van der Waals surface area contributed by atoms with Crippen molar-refractivity contribution < 1.29 is 14.3 Å². The summed E-state index contributed by atoms with van der Waals surface area (Å²) in [7, 11) is 0. The molecule has 3 rings (SSSR count). The lowest BCUT2D eigenvalue weighted by molar-refractivity contribution is -0.124. The number of carbonyl (C=O) groups excluding carboxylic acids is 2. The van der Waals surface area contributed by atoms with Gasteiger partial charge in [-0.2, -0.15) is 5.10 Å². The van der Waals surface area contributed by atoms with Gasteiger partial charge in [0.05, 0.1) is 11.4 Å². The Kier molecular flexibility index (Phi) is 6.29. The molecule has 29 heavy (non-hydrogen) atoms. The molecule has 1 aromatic heterocycles. The van der Waals surface area contributed by atoms with Gasteiger partial charge in [0.2, 0.25) is 0 Å². The van der Waals surface area contributed by atoms with Crippen molar-refractivity contribution >= 4 is 34.2 Å². The molecule has 0 aliphatic carbocycles. The molecule has 3 aromatic rings. The Morgan fingerprint density at radius 3 is 2.45 bits per heavy atom. The quantitative estimate of drug-likeness (QED) is 0.627. The summed E-state index contributed by atoms with van der Waals surface area (Å²) < 4.78 is 6.34. The maximum absolute atomic E-state index is 12.5. The Bertz CT molecular complexity index is 1110. The molecule has 0 unspecified atom stereocenters. The number of aryl methyl sites for hydroxylation is 1. The van der Waals surface area contributed by atoms with Crippen molar-refractivity contribution in [2.75, 3.05) is 6.61 Å². The Labute approximate surface area is 172 Å². The Balaban J connectivity index is 1.71. The molecule has 1 amide bonds. The van der Waals surface area contributed by atoms with Crippen LogP contribution in [0.4, 0.5) is 0 Å². The van der Waals surface area contributed by atoms with Crippen molar-refractivity contribution in [3.05, 3.63) is 75.2 Å². The van der Waals surface area contributed by atoms with Gasteiger partial charge in [0, 0.05) is 17.0 Å². The molecule has 7 nitrogen and oxygen atoms in total. The molecule has 0 spiro atoms. The van der Waals surface area contributed by atoms with Crippen LogP contribution in [0.15, 0.2) is 53.3 Å².